The van der Waals surface area contributed by atoms with Crippen molar-refractivity contribution in [1.82, 2.24) is 35.1 Å². The Bertz CT molecular complexity index is 2630. The van der Waals surface area contributed by atoms with Gasteiger partial charge in [-0.3, -0.25) is 29.2 Å². The number of methoxy groups -OCH3 is 1. The summed E-state index contributed by atoms with van der Waals surface area (Å²) in [7, 11) is 3.38. The normalized spacial score (nSPS) is 23.0. The molecule has 1 aliphatic carbocycles. The maximum absolute atomic E-state index is 15.0. The second kappa shape index (κ2) is 21.1. The molecule has 3 aliphatic heterocycles. The highest BCUT2D eigenvalue weighted by Crippen LogP contribution is 2.42. The Balaban J connectivity index is 1.16. The molecule has 2 saturated heterocycles. The number of aromatic nitrogens is 2. The molecule has 382 valence electrons. The van der Waals surface area contributed by atoms with Crippen LogP contribution in [0.15, 0.2) is 60.8 Å². The topological polar surface area (TPSA) is 165 Å². The summed E-state index contributed by atoms with van der Waals surface area (Å²) in [4.78, 5) is 79.6. The largest absolute Gasteiger partial charge is 0.464 e. The highest BCUT2D eigenvalue weighted by molar-refractivity contribution is 5.96. The zero-order chi connectivity index (χ0) is 50.9. The summed E-state index contributed by atoms with van der Waals surface area (Å²) in [6.07, 6.45) is 6.24. The van der Waals surface area contributed by atoms with Crippen molar-refractivity contribution in [3.05, 3.63) is 77.6 Å². The number of cyclic esters (lactones) is 1. The molecule has 15 nitrogen and oxygen atoms in total. The third kappa shape index (κ3) is 11.2. The van der Waals surface area contributed by atoms with Crippen LogP contribution in [0.5, 0.6) is 0 Å². The second-order valence-corrected chi connectivity index (χ2v) is 22.3. The fourth-order valence-corrected chi connectivity index (χ4v) is 11.4. The number of hydrogen-bond donors (Lipinski definition) is 2. The minimum Gasteiger partial charge on any atom is -0.464 e. The van der Waals surface area contributed by atoms with Crippen molar-refractivity contribution in [2.24, 2.45) is 23.2 Å². The Morgan fingerprint density at radius 1 is 1.00 bits per heavy atom. The van der Waals surface area contributed by atoms with Crippen LogP contribution in [0.1, 0.15) is 117 Å². The van der Waals surface area contributed by atoms with Crippen LogP contribution in [-0.2, 0) is 52.8 Å². The molecule has 0 radical (unpaired) electrons. The second-order valence-electron chi connectivity index (χ2n) is 22.3. The molecule has 3 fully saturated rings. The summed E-state index contributed by atoms with van der Waals surface area (Å²) in [5, 5.41) is 5.72. The quantitative estimate of drug-likeness (QED) is 0.156. The molecule has 1 saturated carbocycles. The molecule has 4 amide bonds. The average molecular weight is 974 g/mol. The zero-order valence-electron chi connectivity index (χ0n) is 43.5. The fraction of sp³-hybridized carbons (Fsp3) is 0.571. The predicted molar refractivity (Wildman–Crippen MR) is 273 cm³/mol. The summed E-state index contributed by atoms with van der Waals surface area (Å²) in [5.41, 5.74) is 9.87. The Hall–Kier alpha value is -5.80. The van der Waals surface area contributed by atoms with Gasteiger partial charge in [-0.05, 0) is 125 Å². The molecule has 2 aromatic heterocycles. The number of aryl methyl sites for hydroxylation is 1. The van der Waals surface area contributed by atoms with E-state index < -0.39 is 53.0 Å². The number of benzene rings is 2. The van der Waals surface area contributed by atoms with Crippen molar-refractivity contribution < 1.29 is 38.2 Å². The number of hydrogen-bond acceptors (Lipinski definition) is 10. The molecule has 8 rings (SSSR count). The number of esters is 1. The summed E-state index contributed by atoms with van der Waals surface area (Å²) < 4.78 is 20.0. The fourth-order valence-electron chi connectivity index (χ4n) is 11.4. The molecule has 5 heterocycles. The van der Waals surface area contributed by atoms with Crippen LogP contribution in [0, 0.1) is 23.2 Å². The molecule has 71 heavy (non-hydrogen) atoms. The third-order valence-corrected chi connectivity index (χ3v) is 15.1. The Kier molecular flexibility index (Phi) is 15.3. The van der Waals surface area contributed by atoms with E-state index in [-0.39, 0.29) is 49.3 Å². The zero-order valence-corrected chi connectivity index (χ0v) is 43.5. The van der Waals surface area contributed by atoms with Crippen molar-refractivity contribution in [3.63, 3.8) is 0 Å². The lowest BCUT2D eigenvalue weighted by Crippen LogP contribution is -2.62. The lowest BCUT2D eigenvalue weighted by molar-refractivity contribution is -0.155. The number of likely N-dealkylation sites (tertiary alicyclic amines) is 1. The maximum Gasteiger partial charge on any atom is 0.410 e. The summed E-state index contributed by atoms with van der Waals surface area (Å²) in [6.45, 7) is 17.5. The van der Waals surface area contributed by atoms with Crippen LogP contribution in [0.3, 0.4) is 0 Å². The minimum atomic E-state index is -1.04. The summed E-state index contributed by atoms with van der Waals surface area (Å²) in [5.74, 6) is -2.24. The van der Waals surface area contributed by atoms with Gasteiger partial charge in [0, 0.05) is 74.8 Å². The monoisotopic (exact) mass is 974 g/mol. The number of carbonyl (C=O) groups is 5. The summed E-state index contributed by atoms with van der Waals surface area (Å²) >= 11 is 0. The number of pyridine rings is 1. The first-order chi connectivity index (χ1) is 33.8. The van der Waals surface area contributed by atoms with Gasteiger partial charge in [-0.2, -0.15) is 0 Å². The number of ether oxygens (including phenoxy) is 3. The number of nitrogens with one attached hydrogen (secondary N) is 2. The van der Waals surface area contributed by atoms with Crippen LogP contribution < -0.4 is 10.7 Å². The van der Waals surface area contributed by atoms with Gasteiger partial charge in [0.15, 0.2) is 0 Å². The number of carbonyl (C=O) groups excluding carboxylic acids is 5. The van der Waals surface area contributed by atoms with E-state index in [4.69, 9.17) is 19.2 Å². The van der Waals surface area contributed by atoms with Crippen molar-refractivity contribution in [2.45, 2.75) is 143 Å². The Labute approximate surface area is 419 Å². The smallest absolute Gasteiger partial charge is 0.410 e. The van der Waals surface area contributed by atoms with Gasteiger partial charge in [-0.15, -0.1) is 0 Å². The van der Waals surface area contributed by atoms with E-state index >= 15 is 4.79 Å². The maximum atomic E-state index is 15.0. The van der Waals surface area contributed by atoms with Crippen molar-refractivity contribution in [2.75, 3.05) is 40.4 Å². The molecular weight excluding hydrogens is 899 g/mol. The van der Waals surface area contributed by atoms with E-state index in [2.05, 4.69) is 72.5 Å². The minimum absolute atomic E-state index is 0.118. The molecule has 6 atom stereocenters. The Morgan fingerprint density at radius 3 is 2.46 bits per heavy atom. The average Bonchev–Trinajstić information content (AvgIpc) is 4.09. The number of hydrazine groups is 1. The van der Waals surface area contributed by atoms with Gasteiger partial charge in [-0.1, -0.05) is 63.9 Å². The van der Waals surface area contributed by atoms with E-state index in [9.17, 15) is 19.2 Å². The van der Waals surface area contributed by atoms with Gasteiger partial charge in [0.2, 0.25) is 11.8 Å². The van der Waals surface area contributed by atoms with Gasteiger partial charge >= 0.3 is 12.1 Å². The van der Waals surface area contributed by atoms with Crippen LogP contribution in [0.25, 0.3) is 33.3 Å². The lowest BCUT2D eigenvalue weighted by atomic mass is 9.84. The first-order valence-electron chi connectivity index (χ1n) is 25.8. The van der Waals surface area contributed by atoms with Crippen molar-refractivity contribution >= 4 is 40.7 Å². The van der Waals surface area contributed by atoms with E-state index in [1.54, 1.807) is 30.2 Å². The van der Waals surface area contributed by atoms with Gasteiger partial charge in [0.25, 0.3) is 5.91 Å². The lowest BCUT2D eigenvalue weighted by Gasteiger charge is -2.37. The Morgan fingerprint density at radius 2 is 1.75 bits per heavy atom. The van der Waals surface area contributed by atoms with E-state index in [0.29, 0.717) is 38.9 Å². The molecule has 15 heteroatoms. The van der Waals surface area contributed by atoms with Crippen LogP contribution in [-0.4, -0.2) is 118 Å². The van der Waals surface area contributed by atoms with Crippen molar-refractivity contribution in [3.8, 4) is 22.4 Å². The molecule has 2 aromatic carbocycles. The SMILES string of the molecule is CCn1c(-c2cccnc2[C@H](C)OC)c2c3cc(ccc31)-c1cccc(c1)C[C@H](NC(=O)[C@H](C1CCCC1)N(C)C(=O)[C@H]1CN(C(=O)OC(C)(C)C)C[C@H]1C)C(=O)N1CCC[C@H](N1)C(=O)OCC(C)(C)C2. The van der Waals surface area contributed by atoms with Gasteiger partial charge in [0.05, 0.1) is 30.0 Å². The first-order valence-corrected chi connectivity index (χ1v) is 25.8. The third-order valence-electron chi connectivity index (χ3n) is 15.1. The molecular formula is C56H75N7O8. The molecule has 0 unspecified atom stereocenters. The number of nitrogens with zero attached hydrogens (tertiary/aromatic N) is 5. The van der Waals surface area contributed by atoms with Crippen LogP contribution in [0.4, 0.5) is 4.79 Å². The molecule has 2 N–H and O–H groups in total. The van der Waals surface area contributed by atoms with Gasteiger partial charge in [0.1, 0.15) is 23.7 Å². The highest BCUT2D eigenvalue weighted by atomic mass is 16.6. The predicted octanol–water partition coefficient (Wildman–Crippen LogP) is 8.27. The van der Waals surface area contributed by atoms with Crippen molar-refractivity contribution in [1.29, 1.82) is 0 Å². The molecule has 0 spiro atoms. The number of likely N-dealkylation sites (N-methyl/N-ethyl adjacent to an activating group) is 1. The summed E-state index contributed by atoms with van der Waals surface area (Å²) in [6, 6.07) is 16.1. The van der Waals surface area contributed by atoms with Crippen LogP contribution in [0.2, 0.25) is 0 Å². The number of fused-ring (bicyclic) bond motifs is 6. The molecule has 4 aliphatic rings. The standard InChI is InChI=1S/C56H75N7O8/c1-11-62-46-24-23-39-29-41(46)42(49(62)40-21-15-25-57-47(40)35(3)69-10)30-56(7,8)33-70-53(67)44-22-16-26-63(59-44)52(66)45(28-36-17-14-20-38(39)27-36)58-50(64)48(37-18-12-13-19-37)60(9)51(65)43-32-61(31-34(43)2)54(68)71-55(4,5)6/h14-15,17,20-21,23-25,27,29,34-35,37,43-45,48,59H,11-13,16,18-19,22,26,28,30-33H2,1-10H3,(H,58,64)/t34-,35+,43+,44+,45+,48+/m1/s1. The van der Waals surface area contributed by atoms with E-state index in [1.807, 2.05) is 52.8 Å². The van der Waals surface area contributed by atoms with Crippen LogP contribution >= 0.6 is 0 Å². The molecule has 6 bridgehead atoms. The number of amides is 4. The highest BCUT2D eigenvalue weighted by Gasteiger charge is 2.45. The molecule has 4 aromatic rings. The first kappa shape index (κ1) is 51.6. The van der Waals surface area contributed by atoms with E-state index in [1.165, 1.54) is 5.01 Å². The van der Waals surface area contributed by atoms with Gasteiger partial charge < -0.3 is 33.9 Å². The number of rotatable bonds is 9. The van der Waals surface area contributed by atoms with Gasteiger partial charge in [-0.25, -0.2) is 10.2 Å². The van der Waals surface area contributed by atoms with E-state index in [0.717, 1.165) is 75.8 Å².